The summed E-state index contributed by atoms with van der Waals surface area (Å²) in [5.74, 6) is -2.14. The van der Waals surface area contributed by atoms with Gasteiger partial charge in [-0.25, -0.2) is 4.39 Å². The molecule has 208 valence electrons. The van der Waals surface area contributed by atoms with Gasteiger partial charge in [-0.1, -0.05) is 48.0 Å². The molecule has 5 rings (SSSR count). The number of anilines is 2. The molecular formula is C34H24ClFN2O4. The highest BCUT2D eigenvalue weighted by atomic mass is 35.5. The number of rotatable bonds is 9. The predicted octanol–water partition coefficient (Wildman–Crippen LogP) is 7.02. The first-order valence-electron chi connectivity index (χ1n) is 12.9. The summed E-state index contributed by atoms with van der Waals surface area (Å²) in [5.41, 5.74) is 2.26. The fourth-order valence-electron chi connectivity index (χ4n) is 4.48. The molecular weight excluding hydrogens is 555 g/mol. The van der Waals surface area contributed by atoms with Gasteiger partial charge in [0.15, 0.2) is 11.6 Å². The Bertz CT molecular complexity index is 1760. The molecule has 1 unspecified atom stereocenters. The summed E-state index contributed by atoms with van der Waals surface area (Å²) in [6.07, 6.45) is -0.175. The van der Waals surface area contributed by atoms with Gasteiger partial charge in [0.25, 0.3) is 0 Å². The molecule has 0 bridgehead atoms. The molecule has 8 heteroatoms. The number of aromatic nitrogens is 1. The summed E-state index contributed by atoms with van der Waals surface area (Å²) in [5, 5.41) is 11.8. The van der Waals surface area contributed by atoms with Gasteiger partial charge in [0.05, 0.1) is 11.9 Å². The minimum absolute atomic E-state index is 0.0165. The third-order valence-corrected chi connectivity index (χ3v) is 7.10. The maximum atomic E-state index is 13.5. The molecule has 42 heavy (non-hydrogen) atoms. The van der Waals surface area contributed by atoms with Gasteiger partial charge >= 0.3 is 0 Å². The zero-order valence-corrected chi connectivity index (χ0v) is 23.1. The van der Waals surface area contributed by atoms with E-state index in [9.17, 15) is 23.9 Å². The van der Waals surface area contributed by atoms with Crippen molar-refractivity contribution in [3.05, 3.63) is 160 Å². The molecule has 0 aliphatic heterocycles. The second-order valence-electron chi connectivity index (χ2n) is 9.54. The van der Waals surface area contributed by atoms with Gasteiger partial charge in [0.2, 0.25) is 5.78 Å². The van der Waals surface area contributed by atoms with Crippen LogP contribution in [0, 0.1) is 5.82 Å². The van der Waals surface area contributed by atoms with Crippen molar-refractivity contribution in [1.82, 2.24) is 4.98 Å². The van der Waals surface area contributed by atoms with Crippen LogP contribution in [0.15, 0.2) is 115 Å². The standard InChI is InChI=1S/C34H24ClFN2O4/c1-38(26-14-10-24(35)11-15-26)27-16-18-30(37-20-27)32(40)23-9-17-28(31(39)22-7-12-25(36)13-8-22)29(19-23)34(42)33(41)21-5-3-2-4-6-21/h2-20,34,42H,1H3. The molecule has 6 nitrogen and oxygen atoms in total. The Balaban J connectivity index is 1.48. The molecule has 1 heterocycles. The monoisotopic (exact) mass is 578 g/mol. The van der Waals surface area contributed by atoms with Gasteiger partial charge in [-0.05, 0) is 72.8 Å². The van der Waals surface area contributed by atoms with E-state index < -0.39 is 29.3 Å². The molecule has 1 atom stereocenters. The SMILES string of the molecule is CN(c1ccc(Cl)cc1)c1ccc(C(=O)c2ccc(C(=O)c3ccc(F)cc3)c(C(O)C(=O)c3ccccc3)c2)nc1. The Labute approximate surface area is 246 Å². The maximum absolute atomic E-state index is 13.5. The number of pyridine rings is 1. The number of hydrogen-bond acceptors (Lipinski definition) is 6. The number of nitrogens with zero attached hydrogens (tertiary/aromatic N) is 2. The molecule has 5 aromatic rings. The minimum Gasteiger partial charge on any atom is -0.380 e. The predicted molar refractivity (Wildman–Crippen MR) is 159 cm³/mol. The van der Waals surface area contributed by atoms with Crippen LogP contribution in [0.5, 0.6) is 0 Å². The molecule has 0 radical (unpaired) electrons. The second kappa shape index (κ2) is 12.3. The van der Waals surface area contributed by atoms with Gasteiger partial charge in [-0.2, -0.15) is 0 Å². The van der Waals surface area contributed by atoms with E-state index in [-0.39, 0.29) is 33.5 Å². The van der Waals surface area contributed by atoms with Crippen molar-refractivity contribution < 1.29 is 23.9 Å². The third kappa shape index (κ3) is 6.02. The minimum atomic E-state index is -1.73. The van der Waals surface area contributed by atoms with Gasteiger partial charge in [0, 0.05) is 45.6 Å². The second-order valence-corrected chi connectivity index (χ2v) is 9.97. The third-order valence-electron chi connectivity index (χ3n) is 6.85. The van der Waals surface area contributed by atoms with E-state index in [0.717, 1.165) is 23.5 Å². The normalized spacial score (nSPS) is 11.5. The summed E-state index contributed by atoms with van der Waals surface area (Å²) in [4.78, 5) is 46.2. The number of Topliss-reactive ketones (excluding diaryl/α,β-unsaturated/α-hetero) is 1. The van der Waals surface area contributed by atoms with E-state index in [0.29, 0.717) is 5.02 Å². The van der Waals surface area contributed by atoms with E-state index in [2.05, 4.69) is 4.98 Å². The zero-order chi connectivity index (χ0) is 29.8. The molecule has 0 aliphatic carbocycles. The molecule has 0 fully saturated rings. The van der Waals surface area contributed by atoms with Gasteiger partial charge in [-0.15, -0.1) is 0 Å². The highest BCUT2D eigenvalue weighted by Crippen LogP contribution is 2.28. The van der Waals surface area contributed by atoms with Crippen LogP contribution in [0.2, 0.25) is 5.02 Å². The number of benzene rings is 4. The lowest BCUT2D eigenvalue weighted by atomic mass is 9.89. The Kier molecular flexibility index (Phi) is 8.33. The summed E-state index contributed by atoms with van der Waals surface area (Å²) in [7, 11) is 1.86. The van der Waals surface area contributed by atoms with E-state index in [1.165, 1.54) is 30.3 Å². The largest absolute Gasteiger partial charge is 0.380 e. The lowest BCUT2D eigenvalue weighted by molar-refractivity contribution is 0.0744. The summed E-state index contributed by atoms with van der Waals surface area (Å²) >= 11 is 5.98. The molecule has 0 saturated carbocycles. The van der Waals surface area contributed by atoms with Crippen molar-refractivity contribution in [2.45, 2.75) is 6.10 Å². The first-order valence-corrected chi connectivity index (χ1v) is 13.3. The smallest absolute Gasteiger partial charge is 0.211 e. The fourth-order valence-corrected chi connectivity index (χ4v) is 4.60. The topological polar surface area (TPSA) is 87.6 Å². The number of carbonyl (C=O) groups is 3. The molecule has 1 N–H and O–H groups in total. The van der Waals surface area contributed by atoms with E-state index in [1.54, 1.807) is 60.8 Å². The molecule has 0 aliphatic rings. The van der Waals surface area contributed by atoms with Crippen LogP contribution in [0.4, 0.5) is 15.8 Å². The maximum Gasteiger partial charge on any atom is 0.211 e. The Morgan fingerprint density at radius 2 is 1.40 bits per heavy atom. The Morgan fingerprint density at radius 1 is 0.762 bits per heavy atom. The number of hydrogen-bond donors (Lipinski definition) is 1. The fraction of sp³-hybridized carbons (Fsp3) is 0.0588. The Morgan fingerprint density at radius 3 is 2.05 bits per heavy atom. The highest BCUT2D eigenvalue weighted by Gasteiger charge is 2.27. The van der Waals surface area contributed by atoms with Crippen molar-refractivity contribution in [1.29, 1.82) is 0 Å². The van der Waals surface area contributed by atoms with Crippen molar-refractivity contribution in [3.63, 3.8) is 0 Å². The van der Waals surface area contributed by atoms with E-state index >= 15 is 0 Å². The van der Waals surface area contributed by atoms with Crippen LogP contribution in [0.3, 0.4) is 0 Å². The number of ketones is 3. The summed E-state index contributed by atoms with van der Waals surface area (Å²) < 4.78 is 13.5. The average molecular weight is 579 g/mol. The summed E-state index contributed by atoms with van der Waals surface area (Å²) in [6, 6.07) is 27.8. The number of aliphatic hydroxyl groups is 1. The van der Waals surface area contributed by atoms with Crippen molar-refractivity contribution in [2.75, 3.05) is 11.9 Å². The average Bonchev–Trinajstić information content (AvgIpc) is 3.04. The molecule has 4 aromatic carbocycles. The van der Waals surface area contributed by atoms with Crippen molar-refractivity contribution in [2.24, 2.45) is 0 Å². The zero-order valence-electron chi connectivity index (χ0n) is 22.4. The lowest BCUT2D eigenvalue weighted by Crippen LogP contribution is -2.18. The molecule has 0 saturated heterocycles. The quantitative estimate of drug-likeness (QED) is 0.189. The van der Waals surface area contributed by atoms with E-state index in [1.807, 2.05) is 24.1 Å². The number of halogens is 2. The first-order chi connectivity index (χ1) is 20.2. The molecule has 0 spiro atoms. The van der Waals surface area contributed by atoms with Crippen LogP contribution < -0.4 is 4.90 Å². The summed E-state index contributed by atoms with van der Waals surface area (Å²) in [6.45, 7) is 0. The first kappa shape index (κ1) is 28.5. The molecule has 1 aromatic heterocycles. The Hall–Kier alpha value is -4.98. The highest BCUT2D eigenvalue weighted by molar-refractivity contribution is 6.30. The van der Waals surface area contributed by atoms with Crippen LogP contribution in [0.25, 0.3) is 0 Å². The lowest BCUT2D eigenvalue weighted by Gasteiger charge is -2.19. The van der Waals surface area contributed by atoms with Crippen LogP contribution in [-0.2, 0) is 0 Å². The van der Waals surface area contributed by atoms with Crippen molar-refractivity contribution >= 4 is 40.3 Å². The van der Waals surface area contributed by atoms with Gasteiger partial charge in [-0.3, -0.25) is 19.4 Å². The van der Waals surface area contributed by atoms with Crippen molar-refractivity contribution in [3.8, 4) is 0 Å². The number of aliphatic hydroxyl groups excluding tert-OH is 1. The van der Waals surface area contributed by atoms with E-state index in [4.69, 9.17) is 11.6 Å². The molecule has 0 amide bonds. The van der Waals surface area contributed by atoms with Crippen LogP contribution in [0.1, 0.15) is 54.0 Å². The van der Waals surface area contributed by atoms with Gasteiger partial charge in [0.1, 0.15) is 17.6 Å². The van der Waals surface area contributed by atoms with Crippen LogP contribution >= 0.6 is 11.6 Å². The number of carbonyl (C=O) groups excluding carboxylic acids is 3. The van der Waals surface area contributed by atoms with Gasteiger partial charge < -0.3 is 10.0 Å². The van der Waals surface area contributed by atoms with Crippen LogP contribution in [-0.4, -0.2) is 34.5 Å².